The third-order valence-corrected chi connectivity index (χ3v) is 2.34. The zero-order chi connectivity index (χ0) is 13.0. The Hall–Kier alpha value is -1.75. The van der Waals surface area contributed by atoms with Gasteiger partial charge in [-0.3, -0.25) is 9.59 Å². The smallest absolute Gasteiger partial charge is 0.254 e. The van der Waals surface area contributed by atoms with Crippen molar-refractivity contribution in [1.29, 1.82) is 0 Å². The molecular weight excluding hydrogens is 254 g/mol. The van der Waals surface area contributed by atoms with E-state index in [4.69, 9.17) is 11.5 Å². The summed E-state index contributed by atoms with van der Waals surface area (Å²) in [5.74, 6) is -0.776. The molecule has 0 atom stereocenters. The van der Waals surface area contributed by atoms with E-state index in [0.29, 0.717) is 11.3 Å². The summed E-state index contributed by atoms with van der Waals surface area (Å²) >= 11 is 0. The van der Waals surface area contributed by atoms with E-state index in [1.807, 2.05) is 13.8 Å². The van der Waals surface area contributed by atoms with Crippen LogP contribution in [0, 0.1) is 0 Å². The van der Waals surface area contributed by atoms with E-state index < -0.39 is 5.91 Å². The van der Waals surface area contributed by atoms with E-state index in [2.05, 4.69) is 0 Å². The topological polar surface area (TPSA) is 89.4 Å². The summed E-state index contributed by atoms with van der Waals surface area (Å²) in [6.07, 6.45) is 0. The molecule has 0 aliphatic heterocycles. The minimum atomic E-state index is -0.532. The average Bonchev–Trinajstić information content (AvgIpc) is 2.24. The Bertz CT molecular complexity index is 435. The van der Waals surface area contributed by atoms with Crippen LogP contribution in [0.4, 0.5) is 5.69 Å². The molecule has 0 radical (unpaired) electrons. The molecule has 0 saturated carbocycles. The van der Waals surface area contributed by atoms with Gasteiger partial charge >= 0.3 is 0 Å². The summed E-state index contributed by atoms with van der Waals surface area (Å²) in [5, 5.41) is 0. The van der Waals surface area contributed by atoms with Crippen LogP contribution in [0.1, 0.15) is 24.2 Å². The molecule has 0 spiro atoms. The predicted octanol–water partition coefficient (Wildman–Crippen LogP) is 1.03. The Labute approximate surface area is 113 Å². The highest BCUT2D eigenvalue weighted by molar-refractivity contribution is 5.97. The van der Waals surface area contributed by atoms with Crippen LogP contribution in [-0.4, -0.2) is 29.3 Å². The molecule has 1 aromatic rings. The largest absolute Gasteiger partial charge is 0.399 e. The Balaban J connectivity index is 0.00000289. The van der Waals surface area contributed by atoms with E-state index in [1.165, 1.54) is 4.90 Å². The molecule has 5 nitrogen and oxygen atoms in total. The number of nitrogens with two attached hydrogens (primary N) is 2. The highest BCUT2D eigenvalue weighted by Gasteiger charge is 2.20. The summed E-state index contributed by atoms with van der Waals surface area (Å²) in [5.41, 5.74) is 11.7. The van der Waals surface area contributed by atoms with Crippen molar-refractivity contribution in [1.82, 2.24) is 4.90 Å². The second kappa shape index (κ2) is 6.86. The van der Waals surface area contributed by atoms with E-state index >= 15 is 0 Å². The summed E-state index contributed by atoms with van der Waals surface area (Å²) in [7, 11) is 0. The average molecular weight is 272 g/mol. The number of rotatable bonds is 4. The van der Waals surface area contributed by atoms with Gasteiger partial charge in [-0.2, -0.15) is 0 Å². The van der Waals surface area contributed by atoms with Crippen LogP contribution >= 0.6 is 12.4 Å². The van der Waals surface area contributed by atoms with Crippen molar-refractivity contribution in [2.45, 2.75) is 19.9 Å². The van der Waals surface area contributed by atoms with Gasteiger partial charge in [0, 0.05) is 17.3 Å². The van der Waals surface area contributed by atoms with Crippen molar-refractivity contribution < 1.29 is 9.59 Å². The van der Waals surface area contributed by atoms with Crippen molar-refractivity contribution in [3.8, 4) is 0 Å². The molecule has 0 aliphatic carbocycles. The SMILES string of the molecule is CC(C)N(CC(N)=O)C(=O)c1cccc(N)c1.Cl. The number of benzene rings is 1. The quantitative estimate of drug-likeness (QED) is 0.802. The number of amides is 2. The predicted molar refractivity (Wildman–Crippen MR) is 73.5 cm³/mol. The molecule has 0 bridgehead atoms. The number of halogens is 1. The summed E-state index contributed by atoms with van der Waals surface area (Å²) in [6.45, 7) is 3.56. The number of carbonyl (C=O) groups excluding carboxylic acids is 2. The van der Waals surface area contributed by atoms with Gasteiger partial charge in [0.2, 0.25) is 5.91 Å². The standard InChI is InChI=1S/C12H17N3O2.ClH/c1-8(2)15(7-11(14)16)12(17)9-4-3-5-10(13)6-9;/h3-6,8H,7,13H2,1-2H3,(H2,14,16);1H. The van der Waals surface area contributed by atoms with E-state index in [-0.39, 0.29) is 30.9 Å². The van der Waals surface area contributed by atoms with Crippen LogP contribution in [0.25, 0.3) is 0 Å². The van der Waals surface area contributed by atoms with Gasteiger partial charge in [-0.05, 0) is 32.0 Å². The van der Waals surface area contributed by atoms with Crippen molar-refractivity contribution in [3.63, 3.8) is 0 Å². The second-order valence-electron chi connectivity index (χ2n) is 4.12. The fourth-order valence-corrected chi connectivity index (χ4v) is 1.49. The lowest BCUT2D eigenvalue weighted by molar-refractivity contribution is -0.119. The number of hydrogen-bond acceptors (Lipinski definition) is 3. The van der Waals surface area contributed by atoms with Crippen molar-refractivity contribution in [2.75, 3.05) is 12.3 Å². The Morgan fingerprint density at radius 3 is 2.39 bits per heavy atom. The third-order valence-electron chi connectivity index (χ3n) is 2.34. The molecule has 0 unspecified atom stereocenters. The van der Waals surface area contributed by atoms with Crippen molar-refractivity contribution >= 4 is 29.9 Å². The van der Waals surface area contributed by atoms with Gasteiger partial charge < -0.3 is 16.4 Å². The van der Waals surface area contributed by atoms with Crippen LogP contribution in [0.5, 0.6) is 0 Å². The Kier molecular flexibility index (Phi) is 6.19. The molecule has 4 N–H and O–H groups in total. The first-order chi connectivity index (χ1) is 7.91. The van der Waals surface area contributed by atoms with Gasteiger partial charge in [0.15, 0.2) is 0 Å². The second-order valence-corrected chi connectivity index (χ2v) is 4.12. The zero-order valence-corrected chi connectivity index (χ0v) is 11.2. The summed E-state index contributed by atoms with van der Waals surface area (Å²) < 4.78 is 0. The number of nitrogen functional groups attached to an aromatic ring is 1. The molecule has 1 aromatic carbocycles. The molecular formula is C12H18ClN3O2. The molecule has 6 heteroatoms. The molecule has 100 valence electrons. The van der Waals surface area contributed by atoms with Crippen LogP contribution < -0.4 is 11.5 Å². The van der Waals surface area contributed by atoms with E-state index in [9.17, 15) is 9.59 Å². The number of hydrogen-bond donors (Lipinski definition) is 2. The van der Waals surface area contributed by atoms with Crippen LogP contribution in [0.2, 0.25) is 0 Å². The normalized spacial score (nSPS) is 9.72. The highest BCUT2D eigenvalue weighted by Crippen LogP contribution is 2.11. The monoisotopic (exact) mass is 271 g/mol. The zero-order valence-electron chi connectivity index (χ0n) is 10.4. The van der Waals surface area contributed by atoms with Gasteiger partial charge in [0.05, 0.1) is 6.54 Å². The lowest BCUT2D eigenvalue weighted by atomic mass is 10.1. The molecule has 18 heavy (non-hydrogen) atoms. The molecule has 0 heterocycles. The molecule has 2 amide bonds. The van der Waals surface area contributed by atoms with Crippen LogP contribution in [0.3, 0.4) is 0 Å². The third kappa shape index (κ3) is 4.25. The van der Waals surface area contributed by atoms with Gasteiger partial charge in [-0.1, -0.05) is 6.07 Å². The number of carbonyl (C=O) groups is 2. The maximum absolute atomic E-state index is 12.1. The molecule has 0 saturated heterocycles. The molecule has 0 aliphatic rings. The van der Waals surface area contributed by atoms with Gasteiger partial charge in [-0.25, -0.2) is 0 Å². The van der Waals surface area contributed by atoms with E-state index in [1.54, 1.807) is 24.3 Å². The summed E-state index contributed by atoms with van der Waals surface area (Å²) in [4.78, 5) is 24.5. The van der Waals surface area contributed by atoms with Crippen molar-refractivity contribution in [2.24, 2.45) is 5.73 Å². The number of anilines is 1. The molecule has 1 rings (SSSR count). The minimum Gasteiger partial charge on any atom is -0.399 e. The lowest BCUT2D eigenvalue weighted by Gasteiger charge is -2.25. The van der Waals surface area contributed by atoms with Gasteiger partial charge in [0.25, 0.3) is 5.91 Å². The van der Waals surface area contributed by atoms with Gasteiger partial charge in [0.1, 0.15) is 0 Å². The van der Waals surface area contributed by atoms with Crippen LogP contribution in [-0.2, 0) is 4.79 Å². The maximum atomic E-state index is 12.1. The maximum Gasteiger partial charge on any atom is 0.254 e. The van der Waals surface area contributed by atoms with E-state index in [0.717, 1.165) is 0 Å². The van der Waals surface area contributed by atoms with Gasteiger partial charge in [-0.15, -0.1) is 12.4 Å². The van der Waals surface area contributed by atoms with Crippen LogP contribution in [0.15, 0.2) is 24.3 Å². The first-order valence-electron chi connectivity index (χ1n) is 5.36. The first-order valence-corrected chi connectivity index (χ1v) is 5.36. The fraction of sp³-hybridized carbons (Fsp3) is 0.333. The van der Waals surface area contributed by atoms with Crippen molar-refractivity contribution in [3.05, 3.63) is 29.8 Å². The fourth-order valence-electron chi connectivity index (χ4n) is 1.49. The molecule has 0 fully saturated rings. The Morgan fingerprint density at radius 1 is 1.33 bits per heavy atom. The highest BCUT2D eigenvalue weighted by atomic mass is 35.5. The lowest BCUT2D eigenvalue weighted by Crippen LogP contribution is -2.42. The minimum absolute atomic E-state index is 0. The number of nitrogens with zero attached hydrogens (tertiary/aromatic N) is 1. The molecule has 0 aromatic heterocycles. The Morgan fingerprint density at radius 2 is 1.94 bits per heavy atom. The summed E-state index contributed by atoms with van der Waals surface area (Å²) in [6, 6.07) is 6.54. The first kappa shape index (κ1) is 16.2. The number of primary amides is 1.